The van der Waals surface area contributed by atoms with E-state index in [1.54, 1.807) is 13.0 Å². The average Bonchev–Trinajstić information content (AvgIpc) is 2.92. The van der Waals surface area contributed by atoms with E-state index in [2.05, 4.69) is 74.6 Å². The maximum absolute atomic E-state index is 12.5. The average molecular weight is 600 g/mol. The molecule has 0 amide bonds. The number of hydrogen-bond donors (Lipinski definition) is 1. The number of anilines is 1. The summed E-state index contributed by atoms with van der Waals surface area (Å²) in [6.07, 6.45) is 1.17. The highest BCUT2D eigenvalue weighted by molar-refractivity contribution is 8.13. The fourth-order valence-corrected chi connectivity index (χ4v) is 11.4. The molecule has 1 N–H and O–H groups in total. The van der Waals surface area contributed by atoms with Crippen LogP contribution in [0.4, 0.5) is 5.69 Å². The standard InChI is InChI=1S/C31H38ClNO5SSi/c1-5-37-29(34)17-16-23-18-25-19-24(21-33-30(25)28(20-23)39(32,35)36)22-38-40(31(2,3)4,26-12-8-6-9-13-26)27-14-10-7-11-15-27/h6-15,18,20,24,33H,5,16-17,19,21-22H2,1-4H3. The van der Waals surface area contributed by atoms with Crippen molar-refractivity contribution in [3.8, 4) is 0 Å². The zero-order chi connectivity index (χ0) is 29.0. The SMILES string of the molecule is CCOC(=O)CCc1cc2c(c(S(=O)(=O)Cl)c1)NCC(CO[Si](c1ccccc1)(c1ccccc1)C(C)(C)C)C2. The molecule has 0 bridgehead atoms. The zero-order valence-corrected chi connectivity index (χ0v) is 26.1. The van der Waals surface area contributed by atoms with Crippen LogP contribution in [0.2, 0.25) is 5.04 Å². The third kappa shape index (κ3) is 6.62. The lowest BCUT2D eigenvalue weighted by atomic mass is 9.92. The van der Waals surface area contributed by atoms with Crippen LogP contribution in [0.15, 0.2) is 77.7 Å². The molecule has 40 heavy (non-hydrogen) atoms. The van der Waals surface area contributed by atoms with Crippen LogP contribution in [-0.4, -0.2) is 42.5 Å². The monoisotopic (exact) mass is 599 g/mol. The predicted octanol–water partition coefficient (Wildman–Crippen LogP) is 5.27. The number of hydrogen-bond acceptors (Lipinski definition) is 6. The lowest BCUT2D eigenvalue weighted by Gasteiger charge is -2.44. The first-order valence-corrected chi connectivity index (χ1v) is 17.9. The fraction of sp³-hybridized carbons (Fsp3) is 0.387. The smallest absolute Gasteiger partial charge is 0.306 e. The summed E-state index contributed by atoms with van der Waals surface area (Å²) < 4.78 is 37.1. The van der Waals surface area contributed by atoms with Crippen LogP contribution >= 0.6 is 10.7 Å². The van der Waals surface area contributed by atoms with Crippen LogP contribution < -0.4 is 15.7 Å². The molecule has 9 heteroatoms. The summed E-state index contributed by atoms with van der Waals surface area (Å²) >= 11 is 0. The highest BCUT2D eigenvalue weighted by atomic mass is 35.7. The quantitative estimate of drug-likeness (QED) is 0.194. The van der Waals surface area contributed by atoms with Crippen LogP contribution in [0.3, 0.4) is 0 Å². The topological polar surface area (TPSA) is 81.7 Å². The van der Waals surface area contributed by atoms with E-state index >= 15 is 0 Å². The number of rotatable bonds is 10. The molecule has 3 aromatic carbocycles. The fourth-order valence-electron chi connectivity index (χ4n) is 5.67. The van der Waals surface area contributed by atoms with E-state index in [9.17, 15) is 13.2 Å². The number of benzene rings is 3. The van der Waals surface area contributed by atoms with E-state index < -0.39 is 17.4 Å². The van der Waals surface area contributed by atoms with Crippen molar-refractivity contribution in [2.24, 2.45) is 5.92 Å². The van der Waals surface area contributed by atoms with Crippen LogP contribution in [0.25, 0.3) is 0 Å². The van der Waals surface area contributed by atoms with Crippen molar-refractivity contribution >= 4 is 50.1 Å². The summed E-state index contributed by atoms with van der Waals surface area (Å²) in [7, 11) is -0.852. The summed E-state index contributed by atoms with van der Waals surface area (Å²) in [4.78, 5) is 12.0. The molecule has 4 rings (SSSR count). The van der Waals surface area contributed by atoms with Gasteiger partial charge in [-0.2, -0.15) is 0 Å². The lowest BCUT2D eigenvalue weighted by Crippen LogP contribution is -2.67. The van der Waals surface area contributed by atoms with Gasteiger partial charge in [0.05, 0.1) is 12.3 Å². The summed E-state index contributed by atoms with van der Waals surface area (Å²) in [6, 6.07) is 24.6. The van der Waals surface area contributed by atoms with Crippen molar-refractivity contribution < 1.29 is 22.4 Å². The van der Waals surface area contributed by atoms with Gasteiger partial charge in [-0.15, -0.1) is 0 Å². The molecule has 0 aromatic heterocycles. The molecule has 3 aromatic rings. The van der Waals surface area contributed by atoms with Crippen molar-refractivity contribution in [1.29, 1.82) is 0 Å². The molecule has 0 spiro atoms. The number of carbonyl (C=O) groups is 1. The van der Waals surface area contributed by atoms with Gasteiger partial charge in [-0.1, -0.05) is 87.5 Å². The maximum atomic E-state index is 12.5. The Hall–Kier alpha value is -2.65. The first-order chi connectivity index (χ1) is 19.0. The van der Waals surface area contributed by atoms with Gasteiger partial charge >= 0.3 is 5.97 Å². The van der Waals surface area contributed by atoms with E-state index in [-0.39, 0.29) is 28.2 Å². The van der Waals surface area contributed by atoms with E-state index in [0.717, 1.165) is 11.1 Å². The number of aryl methyl sites for hydroxylation is 1. The van der Waals surface area contributed by atoms with Gasteiger partial charge in [-0.3, -0.25) is 4.79 Å². The van der Waals surface area contributed by atoms with E-state index in [4.69, 9.17) is 19.8 Å². The molecule has 0 radical (unpaired) electrons. The normalized spacial score (nSPS) is 15.7. The van der Waals surface area contributed by atoms with E-state index in [1.165, 1.54) is 10.4 Å². The Labute approximate surface area is 243 Å². The number of carbonyl (C=O) groups excluding carboxylic acids is 1. The predicted molar refractivity (Wildman–Crippen MR) is 164 cm³/mol. The molecule has 1 aliphatic heterocycles. The number of ether oxygens (including phenoxy) is 1. The van der Waals surface area contributed by atoms with Crippen molar-refractivity contribution in [3.05, 3.63) is 83.9 Å². The molecular formula is C31H38ClNO5SSi. The Morgan fingerprint density at radius 3 is 2.15 bits per heavy atom. The highest BCUT2D eigenvalue weighted by Crippen LogP contribution is 2.39. The largest absolute Gasteiger partial charge is 0.466 e. The van der Waals surface area contributed by atoms with E-state index in [1.807, 2.05) is 18.2 Å². The van der Waals surface area contributed by atoms with Gasteiger partial charge in [0.2, 0.25) is 0 Å². The second-order valence-corrected chi connectivity index (χ2v) is 18.1. The van der Waals surface area contributed by atoms with E-state index in [0.29, 0.717) is 38.3 Å². The first-order valence-electron chi connectivity index (χ1n) is 13.7. The molecule has 1 unspecified atom stereocenters. The van der Waals surface area contributed by atoms with Crippen molar-refractivity contribution in [3.63, 3.8) is 0 Å². The van der Waals surface area contributed by atoms with Crippen LogP contribution in [0.1, 0.15) is 45.2 Å². The Balaban J connectivity index is 1.65. The van der Waals surface area contributed by atoms with Gasteiger partial charge in [-0.05, 0) is 52.4 Å². The third-order valence-electron chi connectivity index (χ3n) is 7.46. The summed E-state index contributed by atoms with van der Waals surface area (Å²) in [5.74, 6) is -0.203. The van der Waals surface area contributed by atoms with Crippen LogP contribution in [0, 0.1) is 5.92 Å². The van der Waals surface area contributed by atoms with Crippen LogP contribution in [0.5, 0.6) is 0 Å². The van der Waals surface area contributed by atoms with Gasteiger partial charge < -0.3 is 14.5 Å². The second kappa shape index (κ2) is 12.5. The lowest BCUT2D eigenvalue weighted by molar-refractivity contribution is -0.143. The maximum Gasteiger partial charge on any atom is 0.306 e. The second-order valence-electron chi connectivity index (χ2n) is 11.3. The Kier molecular flexibility index (Phi) is 9.45. The molecule has 6 nitrogen and oxygen atoms in total. The number of halogens is 1. The minimum Gasteiger partial charge on any atom is -0.466 e. The van der Waals surface area contributed by atoms with Gasteiger partial charge in [-0.25, -0.2) is 8.42 Å². The van der Waals surface area contributed by atoms with Crippen molar-refractivity contribution in [1.82, 2.24) is 0 Å². The summed E-state index contributed by atoms with van der Waals surface area (Å²) in [5.41, 5.74) is 2.14. The minimum atomic E-state index is -3.99. The molecule has 1 aliphatic rings. The molecule has 0 saturated carbocycles. The molecule has 0 aliphatic carbocycles. The molecule has 214 valence electrons. The zero-order valence-electron chi connectivity index (χ0n) is 23.6. The van der Waals surface area contributed by atoms with Crippen molar-refractivity contribution in [2.45, 2.75) is 56.9 Å². The minimum absolute atomic E-state index is 0.0527. The summed E-state index contributed by atoms with van der Waals surface area (Å²) in [6.45, 7) is 9.89. The molecule has 1 heterocycles. The number of nitrogens with one attached hydrogen (secondary N) is 1. The number of esters is 1. The Morgan fingerprint density at radius 1 is 1.02 bits per heavy atom. The Bertz CT molecular complexity index is 1390. The van der Waals surface area contributed by atoms with Crippen molar-refractivity contribution in [2.75, 3.05) is 25.1 Å². The van der Waals surface area contributed by atoms with Gasteiger partial charge in [0.25, 0.3) is 17.4 Å². The molecule has 1 atom stereocenters. The van der Waals surface area contributed by atoms with Gasteiger partial charge in [0.1, 0.15) is 4.90 Å². The van der Waals surface area contributed by atoms with Gasteiger partial charge in [0, 0.05) is 36.2 Å². The van der Waals surface area contributed by atoms with Crippen LogP contribution in [-0.2, 0) is 35.8 Å². The first kappa shape index (κ1) is 30.3. The number of fused-ring (bicyclic) bond motifs is 1. The Morgan fingerprint density at radius 2 is 1.62 bits per heavy atom. The molecule has 0 saturated heterocycles. The summed E-state index contributed by atoms with van der Waals surface area (Å²) in [5, 5.41) is 5.63. The third-order valence-corrected chi connectivity index (χ3v) is 13.8. The van der Waals surface area contributed by atoms with Gasteiger partial charge in [0.15, 0.2) is 0 Å². The molecule has 0 fully saturated rings. The highest BCUT2D eigenvalue weighted by Gasteiger charge is 2.50. The molecular weight excluding hydrogens is 562 g/mol.